The number of ether oxygens (including phenoxy) is 1. The van der Waals surface area contributed by atoms with Crippen LogP contribution < -0.4 is 10.1 Å². The zero-order valence-electron chi connectivity index (χ0n) is 22.4. The molecule has 0 unspecified atom stereocenters. The molecular formula is C24H26ClF8N3O6S. The molecule has 0 aliphatic heterocycles. The molecule has 1 heterocycles. The quantitative estimate of drug-likeness (QED) is 0.333. The number of alkyl halides is 8. The van der Waals surface area contributed by atoms with E-state index in [1.54, 1.807) is 0 Å². The first-order valence-corrected chi connectivity index (χ1v) is 14.8. The van der Waals surface area contributed by atoms with Crippen molar-refractivity contribution in [1.29, 1.82) is 0 Å². The van der Waals surface area contributed by atoms with Crippen molar-refractivity contribution in [3.8, 4) is 17.0 Å². The third-order valence-electron chi connectivity index (χ3n) is 7.15. The number of rotatable bonds is 9. The van der Waals surface area contributed by atoms with Gasteiger partial charge < -0.3 is 20.3 Å². The van der Waals surface area contributed by atoms with Gasteiger partial charge in [-0.15, -0.1) is 0 Å². The average molecular weight is 672 g/mol. The Kier molecular flexibility index (Phi) is 9.71. The number of hydrogen-bond acceptors (Lipinski definition) is 7. The number of aliphatic hydroxyl groups is 2. The standard InChI is InChI=1S/C24H26ClF8N3O6S/c1-3-36-18(14-5-4-12(10-15(14)42-20(26)27)22(39,23(28,29)30)24(31,32)33)16(25)17(35-36)19(37)34-11-21(38)8-6-13(7-9-21)43(2,40)41/h4-5,10,13,20,38-39H,3,6-9,11H2,1-2H3,(H,34,37). The Balaban J connectivity index is 1.99. The first kappa shape index (κ1) is 34.8. The molecule has 19 heteroatoms. The van der Waals surface area contributed by atoms with Crippen LogP contribution in [-0.4, -0.2) is 76.9 Å². The Morgan fingerprint density at radius 2 is 1.74 bits per heavy atom. The SMILES string of the molecule is CCn1nc(C(=O)NCC2(O)CCC(S(C)(=O)=O)CC2)c(Cl)c1-c1ccc(C(O)(C(F)(F)F)C(F)(F)F)cc1OC(F)F. The van der Waals surface area contributed by atoms with Gasteiger partial charge in [0.2, 0.25) is 0 Å². The monoisotopic (exact) mass is 671 g/mol. The lowest BCUT2D eigenvalue weighted by molar-refractivity contribution is -0.376. The van der Waals surface area contributed by atoms with Gasteiger partial charge in [0, 0.05) is 30.5 Å². The molecule has 2 aromatic rings. The molecule has 3 rings (SSSR count). The van der Waals surface area contributed by atoms with E-state index in [4.69, 9.17) is 11.6 Å². The van der Waals surface area contributed by atoms with Crippen LogP contribution >= 0.6 is 11.6 Å². The summed E-state index contributed by atoms with van der Waals surface area (Å²) in [5.41, 5.74) is -10.3. The number of amides is 1. The number of hydrogen-bond donors (Lipinski definition) is 3. The Bertz CT molecular complexity index is 1440. The fourth-order valence-corrected chi connectivity index (χ4v) is 6.17. The maximum Gasteiger partial charge on any atom is 0.430 e. The molecule has 1 aliphatic carbocycles. The largest absolute Gasteiger partial charge is 0.434 e. The maximum absolute atomic E-state index is 13.4. The molecule has 1 aromatic carbocycles. The lowest BCUT2D eigenvalue weighted by Gasteiger charge is -2.35. The number of nitrogens with zero attached hydrogens (tertiary/aromatic N) is 2. The van der Waals surface area contributed by atoms with Gasteiger partial charge in [-0.3, -0.25) is 9.48 Å². The predicted molar refractivity (Wildman–Crippen MR) is 135 cm³/mol. The highest BCUT2D eigenvalue weighted by molar-refractivity contribution is 7.91. The van der Waals surface area contributed by atoms with Gasteiger partial charge in [-0.25, -0.2) is 8.42 Å². The van der Waals surface area contributed by atoms with Gasteiger partial charge >= 0.3 is 19.0 Å². The topological polar surface area (TPSA) is 131 Å². The summed E-state index contributed by atoms with van der Waals surface area (Å²) in [6.45, 7) is -2.76. The van der Waals surface area contributed by atoms with Crippen LogP contribution in [0.4, 0.5) is 35.1 Å². The third-order valence-corrected chi connectivity index (χ3v) is 9.19. The molecular weight excluding hydrogens is 646 g/mol. The number of carbonyl (C=O) groups is 1. The molecule has 1 fully saturated rings. The van der Waals surface area contributed by atoms with Gasteiger partial charge in [-0.05, 0) is 44.7 Å². The van der Waals surface area contributed by atoms with E-state index in [2.05, 4.69) is 15.2 Å². The highest BCUT2D eigenvalue weighted by atomic mass is 35.5. The summed E-state index contributed by atoms with van der Waals surface area (Å²) in [7, 11) is -3.34. The number of nitrogens with one attached hydrogen (secondary N) is 1. The lowest BCUT2D eigenvalue weighted by Crippen LogP contribution is -2.53. The number of aryl methyl sites for hydroxylation is 1. The van der Waals surface area contributed by atoms with Crippen LogP contribution in [0.3, 0.4) is 0 Å². The molecule has 3 N–H and O–H groups in total. The average Bonchev–Trinajstić information content (AvgIpc) is 3.20. The van der Waals surface area contributed by atoms with E-state index >= 15 is 0 Å². The van der Waals surface area contributed by atoms with E-state index < -0.39 is 78.8 Å². The van der Waals surface area contributed by atoms with Gasteiger partial charge in [-0.1, -0.05) is 17.7 Å². The normalized spacial score (nSPS) is 20.4. The zero-order chi connectivity index (χ0) is 32.8. The summed E-state index contributed by atoms with van der Waals surface area (Å²) in [4.78, 5) is 12.9. The van der Waals surface area contributed by atoms with Crippen molar-refractivity contribution in [2.24, 2.45) is 0 Å². The molecule has 0 spiro atoms. The van der Waals surface area contributed by atoms with E-state index in [1.807, 2.05) is 0 Å². The van der Waals surface area contributed by atoms with Crippen molar-refractivity contribution < 1.29 is 63.3 Å². The van der Waals surface area contributed by atoms with Gasteiger partial charge in [0.1, 0.15) is 15.6 Å². The van der Waals surface area contributed by atoms with Gasteiger partial charge in [0.15, 0.2) is 5.69 Å². The number of halogens is 9. The van der Waals surface area contributed by atoms with Crippen LogP contribution in [0.25, 0.3) is 11.3 Å². The fourth-order valence-electron chi connectivity index (χ4n) is 4.76. The molecule has 1 saturated carbocycles. The van der Waals surface area contributed by atoms with Crippen LogP contribution in [-0.2, 0) is 22.0 Å². The first-order chi connectivity index (χ1) is 19.6. The third kappa shape index (κ3) is 7.01. The minimum absolute atomic E-state index is 0.0380. The van der Waals surface area contributed by atoms with E-state index in [0.29, 0.717) is 6.07 Å². The van der Waals surface area contributed by atoms with E-state index in [9.17, 15) is 58.5 Å². The second-order valence-electron chi connectivity index (χ2n) is 10.1. The smallest absolute Gasteiger partial charge is 0.430 e. The van der Waals surface area contributed by atoms with Crippen molar-refractivity contribution in [2.75, 3.05) is 12.8 Å². The van der Waals surface area contributed by atoms with Gasteiger partial charge in [0.05, 0.1) is 21.6 Å². The van der Waals surface area contributed by atoms with Gasteiger partial charge in [0.25, 0.3) is 11.5 Å². The van der Waals surface area contributed by atoms with Crippen molar-refractivity contribution in [3.63, 3.8) is 0 Å². The summed E-state index contributed by atoms with van der Waals surface area (Å²) in [6, 6.07) is 0.656. The summed E-state index contributed by atoms with van der Waals surface area (Å²) >= 11 is 6.32. The zero-order valence-corrected chi connectivity index (χ0v) is 23.9. The lowest BCUT2D eigenvalue weighted by atomic mass is 9.84. The van der Waals surface area contributed by atoms with Crippen molar-refractivity contribution in [1.82, 2.24) is 15.1 Å². The minimum atomic E-state index is -6.31. The number of aromatic nitrogens is 2. The second kappa shape index (κ2) is 12.0. The summed E-state index contributed by atoms with van der Waals surface area (Å²) in [5.74, 6) is -2.21. The molecule has 1 aromatic heterocycles. The van der Waals surface area contributed by atoms with E-state index in [-0.39, 0.29) is 56.6 Å². The Hall–Kier alpha value is -2.70. The molecule has 43 heavy (non-hydrogen) atoms. The van der Waals surface area contributed by atoms with Crippen LogP contribution in [0.2, 0.25) is 5.02 Å². The van der Waals surface area contributed by atoms with Crippen molar-refractivity contribution in [3.05, 3.63) is 34.5 Å². The first-order valence-electron chi connectivity index (χ1n) is 12.5. The maximum atomic E-state index is 13.4. The highest BCUT2D eigenvalue weighted by Crippen LogP contribution is 2.51. The van der Waals surface area contributed by atoms with Crippen LogP contribution in [0.15, 0.2) is 18.2 Å². The summed E-state index contributed by atoms with van der Waals surface area (Å²) in [6.07, 6.45) is -11.2. The predicted octanol–water partition coefficient (Wildman–Crippen LogP) is 4.59. The molecule has 9 nitrogen and oxygen atoms in total. The Labute approximate surface area is 244 Å². The Morgan fingerprint density at radius 1 is 1.19 bits per heavy atom. The number of benzene rings is 1. The second-order valence-corrected chi connectivity index (χ2v) is 12.8. The molecule has 0 radical (unpaired) electrons. The van der Waals surface area contributed by atoms with Crippen molar-refractivity contribution >= 4 is 27.3 Å². The molecule has 0 atom stereocenters. The Morgan fingerprint density at radius 3 is 2.21 bits per heavy atom. The molecule has 0 saturated heterocycles. The molecule has 242 valence electrons. The number of carbonyl (C=O) groups excluding carboxylic acids is 1. The van der Waals surface area contributed by atoms with Crippen LogP contribution in [0, 0.1) is 0 Å². The molecule has 1 aliphatic rings. The summed E-state index contributed by atoms with van der Waals surface area (Å²) in [5, 5.41) is 25.7. The van der Waals surface area contributed by atoms with E-state index in [1.165, 1.54) is 6.92 Å². The van der Waals surface area contributed by atoms with Crippen LogP contribution in [0.1, 0.15) is 48.7 Å². The highest BCUT2D eigenvalue weighted by Gasteiger charge is 2.71. The minimum Gasteiger partial charge on any atom is -0.434 e. The summed E-state index contributed by atoms with van der Waals surface area (Å²) < 4.78 is 136. The van der Waals surface area contributed by atoms with E-state index in [0.717, 1.165) is 10.9 Å². The van der Waals surface area contributed by atoms with Gasteiger partial charge in [-0.2, -0.15) is 40.2 Å². The fraction of sp³-hybridized carbons (Fsp3) is 0.583. The van der Waals surface area contributed by atoms with Crippen molar-refractivity contribution in [2.45, 2.75) is 74.6 Å². The number of sulfone groups is 1. The van der Waals surface area contributed by atoms with Crippen LogP contribution in [0.5, 0.6) is 5.75 Å². The molecule has 0 bridgehead atoms. The molecule has 1 amide bonds.